The number of ether oxygens (including phenoxy) is 3. The number of carbonyl (C=O) groups excluding carboxylic acids is 3. The number of esters is 3. The molecule has 0 heterocycles. The Balaban J connectivity index is 5.42. The minimum absolute atomic E-state index is 0.0744. The van der Waals surface area contributed by atoms with E-state index in [-0.39, 0.29) is 26.2 Å². The second kappa shape index (κ2) is 24.7. The first-order valence-corrected chi connectivity index (χ1v) is 15.5. The highest BCUT2D eigenvalue weighted by atomic mass is 16.6. The Morgan fingerprint density at radius 1 is 0.405 bits per heavy atom. The number of unbranched alkanes of at least 4 members (excludes halogenated alkanes) is 15. The average molecular weight is 527 g/mol. The lowest BCUT2D eigenvalue weighted by Crippen LogP contribution is -2.49. The zero-order valence-corrected chi connectivity index (χ0v) is 24.7. The summed E-state index contributed by atoms with van der Waals surface area (Å²) in [5.41, 5.74) is -2.02. The minimum Gasteiger partial charge on any atom is -0.464 e. The highest BCUT2D eigenvalue weighted by molar-refractivity contribution is 6.17. The van der Waals surface area contributed by atoms with Crippen LogP contribution in [0.3, 0.4) is 0 Å². The maximum atomic E-state index is 13.4. The predicted octanol–water partition coefficient (Wildman–Crippen LogP) is 8.48. The van der Waals surface area contributed by atoms with Crippen LogP contribution in [0.15, 0.2) is 0 Å². The molecule has 0 N–H and O–H groups in total. The molecule has 0 aromatic rings. The molecule has 0 rings (SSSR count). The lowest BCUT2D eigenvalue weighted by Gasteiger charge is -2.27. The second-order valence-corrected chi connectivity index (χ2v) is 10.4. The third kappa shape index (κ3) is 16.1. The third-order valence-electron chi connectivity index (χ3n) is 6.89. The molecule has 0 spiro atoms. The van der Waals surface area contributed by atoms with Crippen LogP contribution in [0.4, 0.5) is 0 Å². The topological polar surface area (TPSA) is 78.9 Å². The summed E-state index contributed by atoms with van der Waals surface area (Å²) in [6, 6.07) is 0. The SMILES string of the molecule is CCCCCCCOC(=O)C(CCCCCC)(C(=O)OCCCCCCC)C(=O)OCCCCCCC. The molecule has 6 nitrogen and oxygen atoms in total. The van der Waals surface area contributed by atoms with E-state index in [2.05, 4.69) is 27.7 Å². The monoisotopic (exact) mass is 526 g/mol. The van der Waals surface area contributed by atoms with Gasteiger partial charge in [-0.2, -0.15) is 0 Å². The molecule has 0 bridgehead atoms. The summed E-state index contributed by atoms with van der Waals surface area (Å²) in [5.74, 6) is -2.40. The van der Waals surface area contributed by atoms with Crippen molar-refractivity contribution in [2.24, 2.45) is 5.41 Å². The van der Waals surface area contributed by atoms with E-state index >= 15 is 0 Å². The van der Waals surface area contributed by atoms with Gasteiger partial charge in [0, 0.05) is 0 Å². The molecule has 37 heavy (non-hydrogen) atoms. The van der Waals surface area contributed by atoms with Gasteiger partial charge in [-0.05, 0) is 25.7 Å². The molecule has 0 aliphatic carbocycles. The predicted molar refractivity (Wildman–Crippen MR) is 150 cm³/mol. The molecule has 0 aliphatic rings. The van der Waals surface area contributed by atoms with Gasteiger partial charge in [0.05, 0.1) is 19.8 Å². The van der Waals surface area contributed by atoms with E-state index in [9.17, 15) is 14.4 Å². The molecule has 0 saturated heterocycles. The molecule has 0 aromatic carbocycles. The van der Waals surface area contributed by atoms with Crippen LogP contribution in [0.25, 0.3) is 0 Å². The van der Waals surface area contributed by atoms with Crippen molar-refractivity contribution in [1.29, 1.82) is 0 Å². The first-order valence-electron chi connectivity index (χ1n) is 15.5. The number of hydrogen-bond acceptors (Lipinski definition) is 6. The molecule has 0 atom stereocenters. The number of carbonyl (C=O) groups is 3. The fourth-order valence-electron chi connectivity index (χ4n) is 4.35. The first kappa shape index (κ1) is 35.4. The van der Waals surface area contributed by atoms with Gasteiger partial charge in [-0.15, -0.1) is 0 Å². The molecule has 0 aliphatic heterocycles. The van der Waals surface area contributed by atoms with E-state index in [1.807, 2.05) is 0 Å². The third-order valence-corrected chi connectivity index (χ3v) is 6.89. The zero-order chi connectivity index (χ0) is 27.6. The molecule has 0 radical (unpaired) electrons. The van der Waals surface area contributed by atoms with Gasteiger partial charge in [0.1, 0.15) is 0 Å². The van der Waals surface area contributed by atoms with E-state index in [1.54, 1.807) is 0 Å². The molecule has 0 unspecified atom stereocenters. The van der Waals surface area contributed by atoms with Gasteiger partial charge in [-0.25, -0.2) is 0 Å². The summed E-state index contributed by atoms with van der Waals surface area (Å²) in [5, 5.41) is 0. The number of hydrogen-bond donors (Lipinski definition) is 0. The molecule has 0 saturated carbocycles. The molecular formula is C31H58O6. The Morgan fingerprint density at radius 2 is 0.676 bits per heavy atom. The summed E-state index contributed by atoms with van der Waals surface area (Å²) in [6.07, 6.45) is 18.5. The van der Waals surface area contributed by atoms with Crippen LogP contribution in [0.2, 0.25) is 0 Å². The molecule has 218 valence electrons. The standard InChI is InChI=1S/C31H58O6/c1-5-9-13-17-21-25-35-28(32)31(24-20-16-12-8-4,29(33)36-26-22-18-14-10-6-2)30(34)37-27-23-19-15-11-7-3/h5-27H2,1-4H3. The maximum absolute atomic E-state index is 13.4. The summed E-state index contributed by atoms with van der Waals surface area (Å²) < 4.78 is 16.7. The zero-order valence-electron chi connectivity index (χ0n) is 24.7. The quantitative estimate of drug-likeness (QED) is 0.0486. The summed E-state index contributed by atoms with van der Waals surface area (Å²) in [6.45, 7) is 9.16. The number of rotatable bonds is 26. The van der Waals surface area contributed by atoms with Crippen molar-refractivity contribution in [3.63, 3.8) is 0 Å². The van der Waals surface area contributed by atoms with E-state index in [1.165, 1.54) is 0 Å². The van der Waals surface area contributed by atoms with Crippen LogP contribution in [0, 0.1) is 5.41 Å². The Labute approximate surface area is 228 Å². The van der Waals surface area contributed by atoms with Gasteiger partial charge in [0.25, 0.3) is 5.41 Å². The van der Waals surface area contributed by atoms with Crippen LogP contribution in [0.1, 0.15) is 156 Å². The van der Waals surface area contributed by atoms with Crippen molar-refractivity contribution in [3.05, 3.63) is 0 Å². The van der Waals surface area contributed by atoms with Gasteiger partial charge >= 0.3 is 17.9 Å². The van der Waals surface area contributed by atoms with Gasteiger partial charge in [0.2, 0.25) is 0 Å². The van der Waals surface area contributed by atoms with Gasteiger partial charge < -0.3 is 14.2 Å². The summed E-state index contributed by atoms with van der Waals surface area (Å²) >= 11 is 0. The van der Waals surface area contributed by atoms with Crippen molar-refractivity contribution >= 4 is 17.9 Å². The highest BCUT2D eigenvalue weighted by Crippen LogP contribution is 2.32. The van der Waals surface area contributed by atoms with Crippen LogP contribution >= 0.6 is 0 Å². The molecule has 6 heteroatoms. The Hall–Kier alpha value is -1.59. The Bertz CT molecular complexity index is 505. The van der Waals surface area contributed by atoms with Crippen LogP contribution < -0.4 is 0 Å². The summed E-state index contributed by atoms with van der Waals surface area (Å²) in [4.78, 5) is 40.3. The summed E-state index contributed by atoms with van der Waals surface area (Å²) in [7, 11) is 0. The van der Waals surface area contributed by atoms with Crippen molar-refractivity contribution in [3.8, 4) is 0 Å². The van der Waals surface area contributed by atoms with Crippen LogP contribution in [-0.2, 0) is 28.6 Å². The van der Waals surface area contributed by atoms with E-state index in [0.717, 1.165) is 116 Å². The van der Waals surface area contributed by atoms with E-state index in [0.29, 0.717) is 6.42 Å². The minimum atomic E-state index is -2.02. The fraction of sp³-hybridized carbons (Fsp3) is 0.903. The molecule has 0 amide bonds. The van der Waals surface area contributed by atoms with Crippen molar-refractivity contribution in [2.45, 2.75) is 156 Å². The smallest absolute Gasteiger partial charge is 0.335 e. The normalized spacial score (nSPS) is 11.4. The average Bonchev–Trinajstić information content (AvgIpc) is 2.90. The van der Waals surface area contributed by atoms with E-state index in [4.69, 9.17) is 14.2 Å². The van der Waals surface area contributed by atoms with Crippen molar-refractivity contribution in [1.82, 2.24) is 0 Å². The van der Waals surface area contributed by atoms with Gasteiger partial charge in [-0.1, -0.05) is 130 Å². The second-order valence-electron chi connectivity index (χ2n) is 10.4. The van der Waals surface area contributed by atoms with Crippen LogP contribution in [0.5, 0.6) is 0 Å². The van der Waals surface area contributed by atoms with E-state index < -0.39 is 23.3 Å². The highest BCUT2D eigenvalue weighted by Gasteiger charge is 2.57. The first-order chi connectivity index (χ1) is 18.0. The lowest BCUT2D eigenvalue weighted by atomic mass is 9.82. The largest absolute Gasteiger partial charge is 0.464 e. The molecule has 0 aromatic heterocycles. The molecular weight excluding hydrogens is 468 g/mol. The Morgan fingerprint density at radius 3 is 0.973 bits per heavy atom. The maximum Gasteiger partial charge on any atom is 0.335 e. The van der Waals surface area contributed by atoms with Crippen molar-refractivity contribution in [2.75, 3.05) is 19.8 Å². The fourth-order valence-corrected chi connectivity index (χ4v) is 4.35. The Kier molecular flexibility index (Phi) is 23.7. The lowest BCUT2D eigenvalue weighted by molar-refractivity contribution is -0.185. The molecule has 0 fully saturated rings. The van der Waals surface area contributed by atoms with Crippen molar-refractivity contribution < 1.29 is 28.6 Å². The van der Waals surface area contributed by atoms with Gasteiger partial charge in [0.15, 0.2) is 0 Å². The van der Waals surface area contributed by atoms with Crippen LogP contribution in [-0.4, -0.2) is 37.7 Å². The van der Waals surface area contributed by atoms with Gasteiger partial charge in [-0.3, -0.25) is 14.4 Å².